The van der Waals surface area contributed by atoms with E-state index in [1.165, 1.54) is 10.5 Å². The predicted molar refractivity (Wildman–Crippen MR) is 121 cm³/mol. The highest BCUT2D eigenvalue weighted by Crippen LogP contribution is 2.24. The Kier molecular flexibility index (Phi) is 8.95. The maximum Gasteiger partial charge on any atom is 0.414 e. The standard InChI is InChI=1S/C20H23N3OS.C2H2O4/c1-4-24-17-9-7-16(8-10-17)19-14-22-20(23(19)2)21-13-15-5-11-18(25-3)12-6-15;3-1(4)2(5)6/h5-12,14H,4,13H2,1-3H3,(H,21,22);(H,3,4)(H,5,6). The number of hydrogen-bond acceptors (Lipinski definition) is 6. The van der Waals surface area contributed by atoms with Gasteiger partial charge in [0.1, 0.15) is 5.75 Å². The molecule has 0 aliphatic rings. The van der Waals surface area contributed by atoms with E-state index in [4.69, 9.17) is 24.5 Å². The molecule has 1 heterocycles. The molecule has 2 aromatic carbocycles. The molecule has 9 heteroatoms. The van der Waals surface area contributed by atoms with Gasteiger partial charge in [0.25, 0.3) is 0 Å². The lowest BCUT2D eigenvalue weighted by molar-refractivity contribution is -0.159. The maximum absolute atomic E-state index is 9.10. The van der Waals surface area contributed by atoms with Crippen LogP contribution in [0.25, 0.3) is 11.3 Å². The Bertz CT molecular complexity index is 989. The fourth-order valence-electron chi connectivity index (χ4n) is 2.66. The zero-order valence-corrected chi connectivity index (χ0v) is 18.3. The van der Waals surface area contributed by atoms with Crippen LogP contribution in [-0.4, -0.2) is 44.6 Å². The molecule has 8 nitrogen and oxygen atoms in total. The highest BCUT2D eigenvalue weighted by atomic mass is 32.2. The molecule has 0 saturated heterocycles. The van der Waals surface area contributed by atoms with Gasteiger partial charge in [0, 0.05) is 24.1 Å². The normalized spacial score (nSPS) is 10.0. The number of benzene rings is 2. The van der Waals surface area contributed by atoms with Crippen molar-refractivity contribution in [3.05, 3.63) is 60.3 Å². The molecule has 0 amide bonds. The van der Waals surface area contributed by atoms with Gasteiger partial charge < -0.3 is 24.8 Å². The zero-order valence-electron chi connectivity index (χ0n) is 17.5. The Morgan fingerprint density at radius 1 is 1.06 bits per heavy atom. The molecule has 0 spiro atoms. The Hall–Kier alpha value is -3.46. The van der Waals surface area contributed by atoms with Crippen molar-refractivity contribution in [1.29, 1.82) is 0 Å². The first-order valence-electron chi connectivity index (χ1n) is 9.43. The van der Waals surface area contributed by atoms with Crippen molar-refractivity contribution >= 4 is 29.6 Å². The third kappa shape index (κ3) is 7.07. The molecule has 1 aromatic heterocycles. The number of aliphatic carboxylic acids is 2. The van der Waals surface area contributed by atoms with E-state index in [-0.39, 0.29) is 0 Å². The smallest absolute Gasteiger partial charge is 0.414 e. The highest BCUT2D eigenvalue weighted by Gasteiger charge is 2.09. The monoisotopic (exact) mass is 443 g/mol. The number of nitrogens with zero attached hydrogens (tertiary/aromatic N) is 2. The van der Waals surface area contributed by atoms with Crippen LogP contribution in [-0.2, 0) is 23.2 Å². The van der Waals surface area contributed by atoms with Crippen LogP contribution >= 0.6 is 11.8 Å². The summed E-state index contributed by atoms with van der Waals surface area (Å²) < 4.78 is 7.58. The third-order valence-corrected chi connectivity index (χ3v) is 4.99. The summed E-state index contributed by atoms with van der Waals surface area (Å²) in [5.41, 5.74) is 3.43. The highest BCUT2D eigenvalue weighted by molar-refractivity contribution is 7.98. The Balaban J connectivity index is 0.000000501. The lowest BCUT2D eigenvalue weighted by Crippen LogP contribution is -2.09. The van der Waals surface area contributed by atoms with Crippen molar-refractivity contribution in [2.75, 3.05) is 18.2 Å². The van der Waals surface area contributed by atoms with Crippen LogP contribution < -0.4 is 10.1 Å². The van der Waals surface area contributed by atoms with E-state index in [9.17, 15) is 0 Å². The SMILES string of the molecule is CCOc1ccc(-c2cnc(NCc3ccc(SC)cc3)n2C)cc1.O=C(O)C(=O)O. The summed E-state index contributed by atoms with van der Waals surface area (Å²) >= 11 is 1.75. The van der Waals surface area contributed by atoms with Gasteiger partial charge in [-0.25, -0.2) is 14.6 Å². The predicted octanol–water partition coefficient (Wildman–Crippen LogP) is 3.98. The second kappa shape index (κ2) is 11.7. The van der Waals surface area contributed by atoms with Crippen LogP contribution in [0.15, 0.2) is 59.6 Å². The number of thioether (sulfide) groups is 1. The van der Waals surface area contributed by atoms with Gasteiger partial charge in [0.2, 0.25) is 5.95 Å². The van der Waals surface area contributed by atoms with E-state index in [0.29, 0.717) is 6.61 Å². The molecule has 0 fully saturated rings. The van der Waals surface area contributed by atoms with E-state index in [1.54, 1.807) is 11.8 Å². The van der Waals surface area contributed by atoms with Crippen LogP contribution in [0.3, 0.4) is 0 Å². The van der Waals surface area contributed by atoms with E-state index >= 15 is 0 Å². The quantitative estimate of drug-likeness (QED) is 0.371. The molecule has 3 N–H and O–H groups in total. The third-order valence-electron chi connectivity index (χ3n) is 4.24. The molecule has 0 aliphatic carbocycles. The Morgan fingerprint density at radius 2 is 1.68 bits per heavy atom. The summed E-state index contributed by atoms with van der Waals surface area (Å²) in [5, 5.41) is 18.2. The topological polar surface area (TPSA) is 114 Å². The fourth-order valence-corrected chi connectivity index (χ4v) is 3.06. The molecule has 0 atom stereocenters. The Morgan fingerprint density at radius 3 is 2.19 bits per heavy atom. The Labute approximate surface area is 184 Å². The number of carboxylic acids is 2. The summed E-state index contributed by atoms with van der Waals surface area (Å²) in [6.45, 7) is 3.42. The van der Waals surface area contributed by atoms with E-state index < -0.39 is 11.9 Å². The number of ether oxygens (including phenoxy) is 1. The number of hydrogen-bond donors (Lipinski definition) is 3. The lowest BCUT2D eigenvalue weighted by Gasteiger charge is -2.09. The first kappa shape index (κ1) is 23.8. The summed E-state index contributed by atoms with van der Waals surface area (Å²) in [7, 11) is 2.03. The molecule has 0 aliphatic heterocycles. The van der Waals surface area contributed by atoms with Gasteiger partial charge in [0.05, 0.1) is 18.5 Å². The van der Waals surface area contributed by atoms with Crippen LogP contribution in [0.5, 0.6) is 5.75 Å². The minimum Gasteiger partial charge on any atom is -0.494 e. The number of aromatic nitrogens is 2. The van der Waals surface area contributed by atoms with Gasteiger partial charge in [0.15, 0.2) is 0 Å². The van der Waals surface area contributed by atoms with Crippen LogP contribution in [0.4, 0.5) is 5.95 Å². The summed E-state index contributed by atoms with van der Waals surface area (Å²) in [6.07, 6.45) is 3.98. The van der Waals surface area contributed by atoms with Crippen molar-refractivity contribution in [1.82, 2.24) is 9.55 Å². The number of rotatable bonds is 7. The second-order valence-electron chi connectivity index (χ2n) is 6.30. The lowest BCUT2D eigenvalue weighted by atomic mass is 10.1. The van der Waals surface area contributed by atoms with Crippen molar-refractivity contribution in [2.45, 2.75) is 18.4 Å². The van der Waals surface area contributed by atoms with Crippen molar-refractivity contribution < 1.29 is 24.5 Å². The first-order chi connectivity index (χ1) is 14.8. The van der Waals surface area contributed by atoms with Gasteiger partial charge in [-0.15, -0.1) is 11.8 Å². The van der Waals surface area contributed by atoms with Gasteiger partial charge in [-0.1, -0.05) is 12.1 Å². The van der Waals surface area contributed by atoms with Crippen LogP contribution in [0.1, 0.15) is 12.5 Å². The maximum atomic E-state index is 9.10. The summed E-state index contributed by atoms with van der Waals surface area (Å²) in [6, 6.07) is 16.7. The molecule has 3 aromatic rings. The average Bonchev–Trinajstić information content (AvgIpc) is 3.14. The molecule has 31 heavy (non-hydrogen) atoms. The summed E-state index contributed by atoms with van der Waals surface area (Å²) in [5.74, 6) is -1.90. The van der Waals surface area contributed by atoms with E-state index in [2.05, 4.69) is 57.5 Å². The molecule has 0 radical (unpaired) electrons. The number of carboxylic acid groups (broad SMARTS) is 2. The average molecular weight is 444 g/mol. The van der Waals surface area contributed by atoms with Crippen LogP contribution in [0, 0.1) is 0 Å². The van der Waals surface area contributed by atoms with Crippen molar-refractivity contribution in [3.63, 3.8) is 0 Å². The van der Waals surface area contributed by atoms with Crippen molar-refractivity contribution in [3.8, 4) is 17.0 Å². The van der Waals surface area contributed by atoms with E-state index in [0.717, 1.165) is 29.5 Å². The second-order valence-corrected chi connectivity index (χ2v) is 7.18. The van der Waals surface area contributed by atoms with Gasteiger partial charge in [-0.3, -0.25) is 0 Å². The van der Waals surface area contributed by atoms with Gasteiger partial charge in [-0.05, 0) is 55.1 Å². The number of carbonyl (C=O) groups is 2. The molecule has 3 rings (SSSR count). The number of anilines is 1. The number of nitrogens with one attached hydrogen (secondary N) is 1. The molecule has 0 bridgehead atoms. The van der Waals surface area contributed by atoms with Gasteiger partial charge >= 0.3 is 11.9 Å². The molecule has 164 valence electrons. The van der Waals surface area contributed by atoms with Crippen molar-refractivity contribution in [2.24, 2.45) is 7.05 Å². The van der Waals surface area contributed by atoms with Crippen LogP contribution in [0.2, 0.25) is 0 Å². The van der Waals surface area contributed by atoms with Gasteiger partial charge in [-0.2, -0.15) is 0 Å². The van der Waals surface area contributed by atoms with E-state index in [1.807, 2.05) is 32.3 Å². The summed E-state index contributed by atoms with van der Waals surface area (Å²) in [4.78, 5) is 24.0. The largest absolute Gasteiger partial charge is 0.494 e. The minimum absolute atomic E-state index is 0.678. The molecule has 0 saturated carbocycles. The first-order valence-corrected chi connectivity index (χ1v) is 10.7. The minimum atomic E-state index is -1.82. The molecular formula is C22H25N3O5S. The molecular weight excluding hydrogens is 418 g/mol. The fraction of sp³-hybridized carbons (Fsp3) is 0.227. The molecule has 0 unspecified atom stereocenters. The zero-order chi connectivity index (χ0) is 22.8. The number of imidazole rings is 1.